The fourth-order valence-electron chi connectivity index (χ4n) is 2.15. The smallest absolute Gasteiger partial charge is 0.118 e. The van der Waals surface area contributed by atoms with Crippen LogP contribution in [0.25, 0.3) is 10.9 Å². The first-order valence-electron chi connectivity index (χ1n) is 6.27. The van der Waals surface area contributed by atoms with Crippen molar-refractivity contribution in [2.45, 2.75) is 6.04 Å². The second-order valence-electron chi connectivity index (χ2n) is 4.44. The Bertz CT molecular complexity index is 722. The summed E-state index contributed by atoms with van der Waals surface area (Å²) in [7, 11) is 1.64. The Morgan fingerprint density at radius 2 is 1.75 bits per heavy atom. The third-order valence-corrected chi connectivity index (χ3v) is 3.25. The molecule has 100 valence electrons. The van der Waals surface area contributed by atoms with Crippen molar-refractivity contribution in [1.29, 1.82) is 0 Å². The summed E-state index contributed by atoms with van der Waals surface area (Å²) in [4.78, 5) is 0. The van der Waals surface area contributed by atoms with Crippen LogP contribution in [0.5, 0.6) is 5.75 Å². The molecule has 0 amide bonds. The van der Waals surface area contributed by atoms with Gasteiger partial charge in [0, 0.05) is 5.39 Å². The Morgan fingerprint density at radius 1 is 1.00 bits per heavy atom. The number of rotatable bonds is 3. The molecule has 0 aliphatic rings. The number of methoxy groups -OCH3 is 1. The van der Waals surface area contributed by atoms with Crippen LogP contribution in [0.15, 0.2) is 48.5 Å². The molecule has 1 aromatic heterocycles. The van der Waals surface area contributed by atoms with Crippen LogP contribution >= 0.6 is 0 Å². The molecule has 0 saturated heterocycles. The summed E-state index contributed by atoms with van der Waals surface area (Å²) in [5.41, 5.74) is 8.77. The van der Waals surface area contributed by atoms with Crippen molar-refractivity contribution in [2.24, 2.45) is 5.73 Å². The number of nitrogens with zero attached hydrogens (tertiary/aromatic N) is 3. The Balaban J connectivity index is 2.05. The van der Waals surface area contributed by atoms with Gasteiger partial charge in [-0.2, -0.15) is 0 Å². The largest absolute Gasteiger partial charge is 0.497 e. The van der Waals surface area contributed by atoms with E-state index in [1.54, 1.807) is 7.11 Å². The summed E-state index contributed by atoms with van der Waals surface area (Å²) < 4.78 is 5.15. The molecule has 0 saturated carbocycles. The van der Waals surface area contributed by atoms with Crippen LogP contribution in [0.2, 0.25) is 0 Å². The molecular weight excluding hydrogens is 252 g/mol. The van der Waals surface area contributed by atoms with E-state index in [1.807, 2.05) is 48.5 Å². The summed E-state index contributed by atoms with van der Waals surface area (Å²) in [6.45, 7) is 0. The highest BCUT2D eigenvalue weighted by Crippen LogP contribution is 2.24. The van der Waals surface area contributed by atoms with Crippen molar-refractivity contribution in [3.05, 3.63) is 59.8 Å². The molecule has 3 aromatic rings. The Morgan fingerprint density at radius 3 is 2.50 bits per heavy atom. The number of ether oxygens (including phenoxy) is 1. The summed E-state index contributed by atoms with van der Waals surface area (Å²) in [6.07, 6.45) is 0. The van der Waals surface area contributed by atoms with E-state index in [1.165, 1.54) is 0 Å². The molecule has 0 fully saturated rings. The first-order chi connectivity index (χ1) is 9.79. The van der Waals surface area contributed by atoms with Gasteiger partial charge >= 0.3 is 0 Å². The van der Waals surface area contributed by atoms with E-state index in [2.05, 4.69) is 15.4 Å². The Kier molecular flexibility index (Phi) is 3.26. The van der Waals surface area contributed by atoms with Crippen molar-refractivity contribution in [1.82, 2.24) is 15.4 Å². The molecular formula is C15H14N4O. The Labute approximate surface area is 116 Å². The van der Waals surface area contributed by atoms with Crippen molar-refractivity contribution >= 4 is 10.9 Å². The molecule has 0 aliphatic carbocycles. The van der Waals surface area contributed by atoms with E-state index in [9.17, 15) is 0 Å². The monoisotopic (exact) mass is 266 g/mol. The van der Waals surface area contributed by atoms with Crippen LogP contribution in [-0.2, 0) is 0 Å². The maximum absolute atomic E-state index is 6.30. The average molecular weight is 266 g/mol. The molecule has 2 aromatic carbocycles. The van der Waals surface area contributed by atoms with Crippen molar-refractivity contribution in [3.63, 3.8) is 0 Å². The van der Waals surface area contributed by atoms with Gasteiger partial charge in [-0.1, -0.05) is 30.3 Å². The van der Waals surface area contributed by atoms with Gasteiger partial charge in [-0.15, -0.1) is 10.2 Å². The lowest BCUT2D eigenvalue weighted by Crippen LogP contribution is -2.15. The molecule has 5 nitrogen and oxygen atoms in total. The van der Waals surface area contributed by atoms with Crippen molar-refractivity contribution < 1.29 is 4.74 Å². The molecule has 5 heteroatoms. The van der Waals surface area contributed by atoms with Gasteiger partial charge in [-0.05, 0) is 29.0 Å². The van der Waals surface area contributed by atoms with Gasteiger partial charge in [0.05, 0.1) is 24.4 Å². The first kappa shape index (κ1) is 12.5. The maximum atomic E-state index is 6.30. The lowest BCUT2D eigenvalue weighted by molar-refractivity contribution is 0.414. The zero-order valence-electron chi connectivity index (χ0n) is 11.0. The van der Waals surface area contributed by atoms with E-state index < -0.39 is 0 Å². The zero-order valence-corrected chi connectivity index (χ0v) is 11.0. The third-order valence-electron chi connectivity index (χ3n) is 3.25. The molecule has 0 radical (unpaired) electrons. The molecule has 0 spiro atoms. The van der Waals surface area contributed by atoms with E-state index in [0.717, 1.165) is 27.9 Å². The summed E-state index contributed by atoms with van der Waals surface area (Å²) >= 11 is 0. The van der Waals surface area contributed by atoms with Gasteiger partial charge in [0.25, 0.3) is 0 Å². The maximum Gasteiger partial charge on any atom is 0.118 e. The fraction of sp³-hybridized carbons (Fsp3) is 0.133. The number of fused-ring (bicyclic) bond motifs is 1. The molecule has 1 atom stereocenters. The summed E-state index contributed by atoms with van der Waals surface area (Å²) in [5, 5.41) is 12.8. The molecule has 3 rings (SSSR count). The molecule has 1 heterocycles. The Hall–Kier alpha value is -2.53. The number of hydrogen-bond acceptors (Lipinski definition) is 5. The van der Waals surface area contributed by atoms with Gasteiger partial charge in [0.1, 0.15) is 5.75 Å². The third kappa shape index (κ3) is 2.19. The average Bonchev–Trinajstić information content (AvgIpc) is 2.54. The minimum absolute atomic E-state index is 0.346. The number of hydrogen-bond donors (Lipinski definition) is 1. The second kappa shape index (κ2) is 5.22. The normalized spacial score (nSPS) is 12.3. The van der Waals surface area contributed by atoms with E-state index >= 15 is 0 Å². The standard InChI is InChI=1S/C15H14N4O/c1-20-11-8-6-10(7-9-11)14(16)15-12-4-2-3-5-13(12)17-19-18-15/h2-9,14H,16H2,1H3. The SMILES string of the molecule is COc1ccc(C(N)c2nnnc3ccccc23)cc1. The van der Waals surface area contributed by atoms with Crippen LogP contribution in [0, 0.1) is 0 Å². The molecule has 0 aliphatic heterocycles. The van der Waals surface area contributed by atoms with Crippen molar-refractivity contribution in [3.8, 4) is 5.75 Å². The number of benzene rings is 2. The highest BCUT2D eigenvalue weighted by atomic mass is 16.5. The highest BCUT2D eigenvalue weighted by Gasteiger charge is 2.15. The van der Waals surface area contributed by atoms with Crippen molar-refractivity contribution in [2.75, 3.05) is 7.11 Å². The van der Waals surface area contributed by atoms with E-state index in [-0.39, 0.29) is 6.04 Å². The summed E-state index contributed by atoms with van der Waals surface area (Å²) in [5.74, 6) is 0.798. The minimum Gasteiger partial charge on any atom is -0.497 e. The predicted octanol–water partition coefficient (Wildman–Crippen LogP) is 2.08. The highest BCUT2D eigenvalue weighted by molar-refractivity contribution is 5.80. The van der Waals surface area contributed by atoms with E-state index in [0.29, 0.717) is 0 Å². The van der Waals surface area contributed by atoms with Gasteiger partial charge in [-0.25, -0.2) is 0 Å². The van der Waals surface area contributed by atoms with Crippen LogP contribution in [0.1, 0.15) is 17.3 Å². The molecule has 1 unspecified atom stereocenters. The predicted molar refractivity (Wildman–Crippen MR) is 76.4 cm³/mol. The molecule has 0 bridgehead atoms. The lowest BCUT2D eigenvalue weighted by Gasteiger charge is -2.13. The zero-order chi connectivity index (χ0) is 13.9. The summed E-state index contributed by atoms with van der Waals surface area (Å²) in [6, 6.07) is 15.0. The second-order valence-corrected chi connectivity index (χ2v) is 4.44. The van der Waals surface area contributed by atoms with Gasteiger partial charge in [0.2, 0.25) is 0 Å². The first-order valence-corrected chi connectivity index (χ1v) is 6.27. The van der Waals surface area contributed by atoms with Gasteiger partial charge in [-0.3, -0.25) is 0 Å². The van der Waals surface area contributed by atoms with E-state index in [4.69, 9.17) is 10.5 Å². The minimum atomic E-state index is -0.346. The molecule has 2 N–H and O–H groups in total. The van der Waals surface area contributed by atoms with Crippen LogP contribution in [0.4, 0.5) is 0 Å². The number of nitrogens with two attached hydrogens (primary N) is 1. The topological polar surface area (TPSA) is 73.9 Å². The van der Waals surface area contributed by atoms with Crippen LogP contribution in [0.3, 0.4) is 0 Å². The molecule has 20 heavy (non-hydrogen) atoms. The van der Waals surface area contributed by atoms with Crippen LogP contribution in [-0.4, -0.2) is 22.5 Å². The fourth-order valence-corrected chi connectivity index (χ4v) is 2.15. The number of aromatic nitrogens is 3. The lowest BCUT2D eigenvalue weighted by atomic mass is 10.0. The van der Waals surface area contributed by atoms with Gasteiger partial charge in [0.15, 0.2) is 0 Å². The van der Waals surface area contributed by atoms with Crippen LogP contribution < -0.4 is 10.5 Å². The van der Waals surface area contributed by atoms with Gasteiger partial charge < -0.3 is 10.5 Å². The quantitative estimate of drug-likeness (QED) is 0.785.